The highest BCUT2D eigenvalue weighted by Gasteiger charge is 2.60. The monoisotopic (exact) mass is 516 g/mol. The smallest absolute Gasteiger partial charge is 0.328 e. The molecule has 2 fully saturated rings. The van der Waals surface area contributed by atoms with E-state index in [2.05, 4.69) is 9.88 Å². The van der Waals surface area contributed by atoms with Gasteiger partial charge in [-0.2, -0.15) is 0 Å². The fourth-order valence-electron chi connectivity index (χ4n) is 6.62. The number of likely N-dealkylation sites (tertiary alicyclic amines) is 1. The minimum absolute atomic E-state index is 0.127. The Balaban J connectivity index is 1.39. The van der Waals surface area contributed by atoms with E-state index in [0.717, 1.165) is 59.5 Å². The number of aromatic amines is 1. The third-order valence-corrected chi connectivity index (χ3v) is 8.44. The number of H-pyrrole nitrogens is 1. The van der Waals surface area contributed by atoms with Crippen LogP contribution in [-0.4, -0.2) is 75.1 Å². The van der Waals surface area contributed by atoms with Crippen molar-refractivity contribution in [3.8, 4) is 11.5 Å². The molecule has 0 spiro atoms. The standard InChI is InChI=1S/C30H36N4O4/c1-3-38-22-11-12-25-23(18-22)24-19-30(2)28(36)33(16-8-15-32-13-5-4-6-14-32)29(37)34(30)27(26(24)31-25)20-9-7-10-21(35)17-20/h7,9-12,17-18,27,31,35H,3-6,8,13-16,19H2,1-2H3/t27-,30+/m1/s1. The summed E-state index contributed by atoms with van der Waals surface area (Å²) in [5, 5.41) is 11.3. The number of ether oxygens (including phenoxy) is 1. The minimum Gasteiger partial charge on any atom is -0.508 e. The van der Waals surface area contributed by atoms with Crippen molar-refractivity contribution < 1.29 is 19.4 Å². The first-order chi connectivity index (χ1) is 18.4. The first-order valence-electron chi connectivity index (χ1n) is 13.8. The normalized spacial score (nSPS) is 23.7. The molecule has 0 unspecified atom stereocenters. The number of nitrogens with zero attached hydrogens (tertiary/aromatic N) is 3. The number of fused-ring (bicyclic) bond motifs is 4. The average Bonchev–Trinajstić information content (AvgIpc) is 3.35. The summed E-state index contributed by atoms with van der Waals surface area (Å²) in [6.45, 7) is 7.91. The first kappa shape index (κ1) is 24.8. The zero-order chi connectivity index (χ0) is 26.4. The predicted octanol–water partition coefficient (Wildman–Crippen LogP) is 4.82. The van der Waals surface area contributed by atoms with Crippen LogP contribution in [-0.2, 0) is 11.2 Å². The second-order valence-electron chi connectivity index (χ2n) is 11.0. The molecule has 0 radical (unpaired) electrons. The molecule has 8 heteroatoms. The largest absolute Gasteiger partial charge is 0.508 e. The van der Waals surface area contributed by atoms with E-state index in [9.17, 15) is 14.7 Å². The number of hydrogen-bond donors (Lipinski definition) is 2. The van der Waals surface area contributed by atoms with Crippen LogP contribution in [0, 0.1) is 0 Å². The van der Waals surface area contributed by atoms with Crippen LogP contribution >= 0.6 is 0 Å². The van der Waals surface area contributed by atoms with E-state index < -0.39 is 11.6 Å². The van der Waals surface area contributed by atoms with Crippen molar-refractivity contribution in [1.82, 2.24) is 19.7 Å². The van der Waals surface area contributed by atoms with E-state index in [1.807, 2.05) is 38.1 Å². The van der Waals surface area contributed by atoms with Gasteiger partial charge in [0.15, 0.2) is 0 Å². The molecule has 3 amide bonds. The predicted molar refractivity (Wildman–Crippen MR) is 145 cm³/mol. The second-order valence-corrected chi connectivity index (χ2v) is 11.0. The van der Waals surface area contributed by atoms with Crippen LogP contribution in [0.3, 0.4) is 0 Å². The Hall–Kier alpha value is -3.52. The van der Waals surface area contributed by atoms with Gasteiger partial charge in [0.2, 0.25) is 0 Å². The Bertz CT molecular complexity index is 1380. The summed E-state index contributed by atoms with van der Waals surface area (Å²) in [6, 6.07) is 12.2. The number of hydrogen-bond acceptors (Lipinski definition) is 5. The van der Waals surface area contributed by atoms with Gasteiger partial charge in [-0.05, 0) is 94.2 Å². The lowest BCUT2D eigenvalue weighted by molar-refractivity contribution is -0.133. The van der Waals surface area contributed by atoms with Crippen LogP contribution in [0.4, 0.5) is 4.79 Å². The van der Waals surface area contributed by atoms with Gasteiger partial charge in [0.1, 0.15) is 23.1 Å². The average molecular weight is 517 g/mol. The summed E-state index contributed by atoms with van der Waals surface area (Å²) in [5.41, 5.74) is 2.58. The van der Waals surface area contributed by atoms with Crippen LogP contribution in [0.15, 0.2) is 42.5 Å². The van der Waals surface area contributed by atoms with Crippen molar-refractivity contribution in [3.05, 3.63) is 59.3 Å². The minimum atomic E-state index is -1.03. The number of benzene rings is 2. The van der Waals surface area contributed by atoms with Crippen molar-refractivity contribution >= 4 is 22.8 Å². The summed E-state index contributed by atoms with van der Waals surface area (Å²) < 4.78 is 5.77. The molecular weight excluding hydrogens is 480 g/mol. The summed E-state index contributed by atoms with van der Waals surface area (Å²) in [5.74, 6) is 0.756. The van der Waals surface area contributed by atoms with Crippen LogP contribution < -0.4 is 4.74 Å². The summed E-state index contributed by atoms with van der Waals surface area (Å²) in [6.07, 6.45) is 4.90. The number of imide groups is 1. The van der Waals surface area contributed by atoms with Crippen molar-refractivity contribution in [2.75, 3.05) is 32.8 Å². The number of phenolic OH excluding ortho intramolecular Hbond substituents is 1. The quantitative estimate of drug-likeness (QED) is 0.440. The lowest BCUT2D eigenvalue weighted by Crippen LogP contribution is -2.53. The summed E-state index contributed by atoms with van der Waals surface area (Å²) >= 11 is 0. The third kappa shape index (κ3) is 4.02. The lowest BCUT2D eigenvalue weighted by Gasteiger charge is -2.42. The van der Waals surface area contributed by atoms with Gasteiger partial charge in [0.25, 0.3) is 5.91 Å². The van der Waals surface area contributed by atoms with E-state index >= 15 is 0 Å². The Morgan fingerprint density at radius 2 is 1.89 bits per heavy atom. The summed E-state index contributed by atoms with van der Waals surface area (Å²) in [7, 11) is 0. The molecule has 4 heterocycles. The van der Waals surface area contributed by atoms with E-state index in [1.165, 1.54) is 24.2 Å². The molecule has 200 valence electrons. The molecule has 0 bridgehead atoms. The highest BCUT2D eigenvalue weighted by Crippen LogP contribution is 2.49. The van der Waals surface area contributed by atoms with E-state index in [1.54, 1.807) is 23.1 Å². The first-order valence-corrected chi connectivity index (χ1v) is 13.8. The third-order valence-electron chi connectivity index (χ3n) is 8.44. The number of carbonyl (C=O) groups excluding carboxylic acids is 2. The van der Waals surface area contributed by atoms with Crippen LogP contribution in [0.25, 0.3) is 10.9 Å². The number of aromatic nitrogens is 1. The van der Waals surface area contributed by atoms with Crippen LogP contribution in [0.1, 0.15) is 62.4 Å². The Kier molecular flexibility index (Phi) is 6.30. The molecule has 8 nitrogen and oxygen atoms in total. The molecule has 2 saturated heterocycles. The van der Waals surface area contributed by atoms with Crippen molar-refractivity contribution in [1.29, 1.82) is 0 Å². The molecule has 2 aromatic carbocycles. The molecule has 0 saturated carbocycles. The number of piperidine rings is 1. The number of phenols is 1. The SMILES string of the molecule is CCOc1ccc2[nH]c3c(c2c1)C[C@@]1(C)C(=O)N(CCCN2CCCCC2)C(=O)N1[C@@H]3c1cccc(O)c1. The van der Waals surface area contributed by atoms with Gasteiger partial charge in [0.05, 0.1) is 6.61 Å². The maximum Gasteiger partial charge on any atom is 0.328 e. The molecule has 1 aromatic heterocycles. The fourth-order valence-corrected chi connectivity index (χ4v) is 6.62. The van der Waals surface area contributed by atoms with Gasteiger partial charge < -0.3 is 19.7 Å². The maximum atomic E-state index is 14.0. The molecule has 6 rings (SSSR count). The molecular formula is C30H36N4O4. The van der Waals surface area contributed by atoms with Gasteiger partial charge in [-0.3, -0.25) is 14.6 Å². The van der Waals surface area contributed by atoms with Gasteiger partial charge >= 0.3 is 6.03 Å². The van der Waals surface area contributed by atoms with E-state index in [-0.39, 0.29) is 17.7 Å². The number of amides is 3. The van der Waals surface area contributed by atoms with E-state index in [4.69, 9.17) is 4.74 Å². The highest BCUT2D eigenvalue weighted by molar-refractivity contribution is 6.08. The topological polar surface area (TPSA) is 89.1 Å². The number of urea groups is 1. The zero-order valence-corrected chi connectivity index (χ0v) is 22.2. The highest BCUT2D eigenvalue weighted by atomic mass is 16.5. The maximum absolute atomic E-state index is 14.0. The molecule has 38 heavy (non-hydrogen) atoms. The molecule has 0 aliphatic carbocycles. The second kappa shape index (κ2) is 9.66. The van der Waals surface area contributed by atoms with Gasteiger partial charge in [-0.1, -0.05) is 18.6 Å². The van der Waals surface area contributed by atoms with Gasteiger partial charge in [0, 0.05) is 29.6 Å². The number of aromatic hydroxyl groups is 1. The Morgan fingerprint density at radius 1 is 1.08 bits per heavy atom. The Labute approximate surface area is 223 Å². The summed E-state index contributed by atoms with van der Waals surface area (Å²) in [4.78, 5) is 37.2. The molecule has 3 aliphatic rings. The van der Waals surface area contributed by atoms with Crippen molar-refractivity contribution in [2.45, 2.75) is 57.5 Å². The Morgan fingerprint density at radius 3 is 2.66 bits per heavy atom. The fraction of sp³-hybridized carbons (Fsp3) is 0.467. The molecule has 2 N–H and O–H groups in total. The van der Waals surface area contributed by atoms with Crippen molar-refractivity contribution in [2.24, 2.45) is 0 Å². The van der Waals surface area contributed by atoms with Crippen LogP contribution in [0.2, 0.25) is 0 Å². The van der Waals surface area contributed by atoms with E-state index in [0.29, 0.717) is 19.6 Å². The van der Waals surface area contributed by atoms with Gasteiger partial charge in [-0.15, -0.1) is 0 Å². The van der Waals surface area contributed by atoms with Crippen LogP contribution in [0.5, 0.6) is 11.5 Å². The number of carbonyl (C=O) groups is 2. The molecule has 3 aliphatic heterocycles. The lowest BCUT2D eigenvalue weighted by atomic mass is 9.81. The van der Waals surface area contributed by atoms with Crippen molar-refractivity contribution in [3.63, 3.8) is 0 Å². The number of rotatable bonds is 7. The molecule has 2 atom stereocenters. The number of nitrogens with one attached hydrogen (secondary N) is 1. The van der Waals surface area contributed by atoms with Gasteiger partial charge in [-0.25, -0.2) is 4.79 Å². The molecule has 3 aromatic rings. The zero-order valence-electron chi connectivity index (χ0n) is 22.2.